The maximum absolute atomic E-state index is 12.7. The largest absolute Gasteiger partial charge is 0.481 e. The van der Waals surface area contributed by atoms with Crippen molar-refractivity contribution in [2.45, 2.75) is 24.7 Å². The molecule has 1 aromatic rings. The van der Waals surface area contributed by atoms with Crippen LogP contribution in [0.5, 0.6) is 0 Å². The first-order valence-corrected chi connectivity index (χ1v) is 4.69. The summed E-state index contributed by atoms with van der Waals surface area (Å²) in [6.07, 6.45) is -1.71. The molecule has 0 spiro atoms. The van der Waals surface area contributed by atoms with Crippen LogP contribution in [0.3, 0.4) is 0 Å². The molecule has 0 unspecified atom stereocenters. The molecule has 0 amide bonds. The highest BCUT2D eigenvalue weighted by Gasteiger charge is 2.53. The Morgan fingerprint density at radius 3 is 2.40 bits per heavy atom. The molecule has 1 saturated carbocycles. The van der Waals surface area contributed by atoms with E-state index in [1.165, 1.54) is 18.2 Å². The molecule has 0 aliphatic heterocycles. The second-order valence-electron chi connectivity index (χ2n) is 3.78. The van der Waals surface area contributed by atoms with E-state index in [0.29, 0.717) is 12.8 Å². The third kappa shape index (κ3) is 1.50. The molecule has 1 aliphatic rings. The van der Waals surface area contributed by atoms with Crippen molar-refractivity contribution >= 4 is 5.97 Å². The summed E-state index contributed by atoms with van der Waals surface area (Å²) in [5.41, 5.74) is -0.933. The van der Waals surface area contributed by atoms with E-state index >= 15 is 0 Å². The Bertz CT molecular complexity index is 397. The molecule has 0 saturated heterocycles. The van der Waals surface area contributed by atoms with Crippen molar-refractivity contribution in [2.75, 3.05) is 0 Å². The third-order valence-corrected chi connectivity index (χ3v) is 2.87. The van der Waals surface area contributed by atoms with Crippen LogP contribution in [0.25, 0.3) is 0 Å². The van der Waals surface area contributed by atoms with Crippen molar-refractivity contribution in [1.82, 2.24) is 0 Å². The molecule has 2 rings (SSSR count). The lowest BCUT2D eigenvalue weighted by atomic mass is 9.91. The van der Waals surface area contributed by atoms with Crippen LogP contribution in [0.15, 0.2) is 24.3 Å². The minimum Gasteiger partial charge on any atom is -0.481 e. The minimum atomic E-state index is -2.61. The van der Waals surface area contributed by atoms with E-state index in [9.17, 15) is 13.6 Å². The molecule has 1 aliphatic carbocycles. The van der Waals surface area contributed by atoms with Gasteiger partial charge >= 0.3 is 5.97 Å². The molecule has 15 heavy (non-hydrogen) atoms. The normalized spacial score (nSPS) is 17.8. The first-order valence-electron chi connectivity index (χ1n) is 4.69. The Kier molecular flexibility index (Phi) is 2.21. The summed E-state index contributed by atoms with van der Waals surface area (Å²) in [6, 6.07) is 5.89. The van der Waals surface area contributed by atoms with E-state index in [1.807, 2.05) is 0 Å². The standard InChI is InChI=1S/C11H10F2O2/c12-9(13)7-3-1-2-4-8(7)11(5-6-11)10(14)15/h1-4,9H,5-6H2,(H,14,15). The molecule has 2 nitrogen and oxygen atoms in total. The lowest BCUT2D eigenvalue weighted by molar-refractivity contribution is -0.140. The van der Waals surface area contributed by atoms with Crippen molar-refractivity contribution in [3.63, 3.8) is 0 Å². The van der Waals surface area contributed by atoms with Gasteiger partial charge in [0.25, 0.3) is 6.43 Å². The first kappa shape index (κ1) is 10.1. The smallest absolute Gasteiger partial charge is 0.314 e. The Labute approximate surface area is 85.5 Å². The molecule has 0 aromatic heterocycles. The molecule has 1 aromatic carbocycles. The summed E-state index contributed by atoms with van der Waals surface area (Å²) >= 11 is 0. The molecule has 0 radical (unpaired) electrons. The topological polar surface area (TPSA) is 37.3 Å². The van der Waals surface area contributed by atoms with E-state index in [-0.39, 0.29) is 11.1 Å². The predicted molar refractivity (Wildman–Crippen MR) is 49.9 cm³/mol. The Morgan fingerprint density at radius 1 is 1.33 bits per heavy atom. The van der Waals surface area contributed by atoms with E-state index in [0.717, 1.165) is 0 Å². The van der Waals surface area contributed by atoms with E-state index in [2.05, 4.69) is 0 Å². The van der Waals surface area contributed by atoms with Gasteiger partial charge in [0.15, 0.2) is 0 Å². The molecule has 0 bridgehead atoms. The number of carboxylic acid groups (broad SMARTS) is 1. The second kappa shape index (κ2) is 3.29. The highest BCUT2D eigenvalue weighted by atomic mass is 19.3. The van der Waals surface area contributed by atoms with Gasteiger partial charge in [-0.3, -0.25) is 4.79 Å². The lowest BCUT2D eigenvalue weighted by Gasteiger charge is -2.14. The van der Waals surface area contributed by atoms with Crippen molar-refractivity contribution in [3.8, 4) is 0 Å². The second-order valence-corrected chi connectivity index (χ2v) is 3.78. The number of carbonyl (C=O) groups is 1. The van der Waals surface area contributed by atoms with Gasteiger partial charge in [0.2, 0.25) is 0 Å². The SMILES string of the molecule is O=C(O)C1(c2ccccc2C(F)F)CC1. The zero-order valence-corrected chi connectivity index (χ0v) is 7.91. The van der Waals surface area contributed by atoms with E-state index < -0.39 is 17.8 Å². The Hall–Kier alpha value is -1.45. The quantitative estimate of drug-likeness (QED) is 0.836. The van der Waals surface area contributed by atoms with Crippen LogP contribution in [0, 0.1) is 0 Å². The molecule has 1 N–H and O–H groups in total. The number of carboxylic acids is 1. The van der Waals surface area contributed by atoms with E-state index in [1.54, 1.807) is 6.07 Å². The zero-order chi connectivity index (χ0) is 11.1. The maximum atomic E-state index is 12.7. The molecular weight excluding hydrogens is 202 g/mol. The summed E-state index contributed by atoms with van der Waals surface area (Å²) in [6.45, 7) is 0. The van der Waals surface area contributed by atoms with Gasteiger partial charge in [-0.1, -0.05) is 24.3 Å². The number of alkyl halides is 2. The minimum absolute atomic E-state index is 0.155. The number of hydrogen-bond acceptors (Lipinski definition) is 1. The van der Waals surface area contributed by atoms with Crippen molar-refractivity contribution in [3.05, 3.63) is 35.4 Å². The molecule has 80 valence electrons. The molecule has 1 fully saturated rings. The van der Waals surface area contributed by atoms with Crippen LogP contribution >= 0.6 is 0 Å². The Balaban J connectivity index is 2.49. The van der Waals surface area contributed by atoms with Crippen LogP contribution < -0.4 is 0 Å². The molecule has 0 atom stereocenters. The van der Waals surface area contributed by atoms with Crippen molar-refractivity contribution < 1.29 is 18.7 Å². The fraction of sp³-hybridized carbons (Fsp3) is 0.364. The fourth-order valence-electron chi connectivity index (χ4n) is 1.85. The number of aliphatic carboxylic acids is 1. The third-order valence-electron chi connectivity index (χ3n) is 2.87. The van der Waals surface area contributed by atoms with Gasteiger partial charge in [-0.25, -0.2) is 8.78 Å². The van der Waals surface area contributed by atoms with Crippen LogP contribution in [0.4, 0.5) is 8.78 Å². The van der Waals surface area contributed by atoms with Crippen LogP contribution in [0.1, 0.15) is 30.4 Å². The summed E-state index contributed by atoms with van der Waals surface area (Å²) < 4.78 is 25.3. The van der Waals surface area contributed by atoms with E-state index in [4.69, 9.17) is 5.11 Å². The van der Waals surface area contributed by atoms with Crippen LogP contribution in [-0.4, -0.2) is 11.1 Å². The zero-order valence-electron chi connectivity index (χ0n) is 7.91. The van der Waals surface area contributed by atoms with Crippen LogP contribution in [0.2, 0.25) is 0 Å². The van der Waals surface area contributed by atoms with Gasteiger partial charge in [-0.15, -0.1) is 0 Å². The highest BCUT2D eigenvalue weighted by Crippen LogP contribution is 2.50. The summed E-state index contributed by atoms with van der Waals surface area (Å²) in [5.74, 6) is -1.00. The molecule has 0 heterocycles. The highest BCUT2D eigenvalue weighted by molar-refractivity contribution is 5.85. The van der Waals surface area contributed by atoms with Gasteiger partial charge in [-0.2, -0.15) is 0 Å². The first-order chi connectivity index (χ1) is 7.08. The number of halogens is 2. The summed E-state index contributed by atoms with van der Waals surface area (Å²) in [7, 11) is 0. The predicted octanol–water partition coefficient (Wildman–Crippen LogP) is 2.74. The van der Waals surface area contributed by atoms with Crippen LogP contribution in [-0.2, 0) is 10.2 Å². The monoisotopic (exact) mass is 212 g/mol. The molecule has 4 heteroatoms. The summed E-state index contributed by atoms with van der Waals surface area (Å²) in [5, 5.41) is 9.02. The van der Waals surface area contributed by atoms with Gasteiger partial charge in [-0.05, 0) is 18.4 Å². The van der Waals surface area contributed by atoms with Gasteiger partial charge < -0.3 is 5.11 Å². The number of rotatable bonds is 3. The van der Waals surface area contributed by atoms with Gasteiger partial charge in [0.05, 0.1) is 5.41 Å². The van der Waals surface area contributed by atoms with Crippen molar-refractivity contribution in [1.29, 1.82) is 0 Å². The summed E-state index contributed by atoms with van der Waals surface area (Å²) in [4.78, 5) is 11.0. The molecular formula is C11H10F2O2. The van der Waals surface area contributed by atoms with Gasteiger partial charge in [0, 0.05) is 5.56 Å². The average Bonchev–Trinajstić information content (AvgIpc) is 2.98. The Morgan fingerprint density at radius 2 is 1.93 bits per heavy atom. The fourth-order valence-corrected chi connectivity index (χ4v) is 1.85. The number of benzene rings is 1. The maximum Gasteiger partial charge on any atom is 0.314 e. The number of hydrogen-bond donors (Lipinski definition) is 1. The van der Waals surface area contributed by atoms with Crippen molar-refractivity contribution in [2.24, 2.45) is 0 Å². The average molecular weight is 212 g/mol. The van der Waals surface area contributed by atoms with Gasteiger partial charge in [0.1, 0.15) is 0 Å². The lowest BCUT2D eigenvalue weighted by Crippen LogP contribution is -2.21.